The van der Waals surface area contributed by atoms with E-state index in [4.69, 9.17) is 4.74 Å². The predicted molar refractivity (Wildman–Crippen MR) is 82.5 cm³/mol. The molecule has 2 rings (SSSR count). The number of amides is 1. The molecule has 6 heteroatoms. The summed E-state index contributed by atoms with van der Waals surface area (Å²) in [6.07, 6.45) is 2.06. The zero-order valence-electron chi connectivity index (χ0n) is 13.1. The minimum Gasteiger partial charge on any atom is -0.394 e. The molecule has 0 aromatic carbocycles. The van der Waals surface area contributed by atoms with Crippen molar-refractivity contribution >= 4 is 17.2 Å². The van der Waals surface area contributed by atoms with E-state index in [1.54, 1.807) is 17.3 Å². The monoisotopic (exact) mass is 312 g/mol. The fraction of sp³-hybridized carbons (Fsp3) is 0.733. The summed E-state index contributed by atoms with van der Waals surface area (Å²) in [5, 5.41) is 12.2. The number of aliphatic hydroxyl groups excluding tert-OH is 1. The molecule has 118 valence electrons. The van der Waals surface area contributed by atoms with Crippen molar-refractivity contribution in [1.29, 1.82) is 0 Å². The van der Waals surface area contributed by atoms with E-state index in [0.29, 0.717) is 5.69 Å². The highest BCUT2D eigenvalue weighted by molar-refractivity contribution is 7.09. The van der Waals surface area contributed by atoms with Crippen molar-refractivity contribution in [3.63, 3.8) is 0 Å². The number of thiazole rings is 1. The highest BCUT2D eigenvalue weighted by Crippen LogP contribution is 2.31. The first-order valence-electron chi connectivity index (χ1n) is 7.29. The van der Waals surface area contributed by atoms with Crippen LogP contribution in [0.25, 0.3) is 0 Å². The van der Waals surface area contributed by atoms with Crippen LogP contribution in [0.5, 0.6) is 0 Å². The normalized spacial score (nSPS) is 20.5. The molecule has 1 aromatic rings. The first-order chi connectivity index (χ1) is 9.84. The smallest absolute Gasteiger partial charge is 0.273 e. The van der Waals surface area contributed by atoms with Gasteiger partial charge in [0.05, 0.1) is 12.6 Å². The van der Waals surface area contributed by atoms with Crippen LogP contribution in [-0.2, 0) is 4.74 Å². The first kappa shape index (κ1) is 16.4. The molecule has 0 aliphatic carbocycles. The van der Waals surface area contributed by atoms with Crippen molar-refractivity contribution in [3.8, 4) is 0 Å². The lowest BCUT2D eigenvalue weighted by atomic mass is 9.86. The van der Waals surface area contributed by atoms with Crippen LogP contribution in [-0.4, -0.2) is 47.2 Å². The lowest BCUT2D eigenvalue weighted by molar-refractivity contribution is 0.0428. The van der Waals surface area contributed by atoms with Crippen LogP contribution in [0.1, 0.15) is 55.2 Å². The summed E-state index contributed by atoms with van der Waals surface area (Å²) in [7, 11) is 1.72. The molecule has 21 heavy (non-hydrogen) atoms. The predicted octanol–water partition coefficient (Wildman–Crippen LogP) is 2.47. The van der Waals surface area contributed by atoms with Crippen LogP contribution < -0.4 is 0 Å². The number of rotatable bonds is 4. The van der Waals surface area contributed by atoms with Gasteiger partial charge in [-0.05, 0) is 18.3 Å². The second kappa shape index (κ2) is 6.42. The van der Waals surface area contributed by atoms with Crippen LogP contribution >= 0.6 is 11.3 Å². The van der Waals surface area contributed by atoms with E-state index in [1.807, 2.05) is 20.8 Å². The molecular weight excluding hydrogens is 288 g/mol. The van der Waals surface area contributed by atoms with E-state index in [2.05, 4.69) is 4.98 Å². The second-order valence-corrected chi connectivity index (χ2v) is 7.44. The van der Waals surface area contributed by atoms with Gasteiger partial charge in [0.2, 0.25) is 0 Å². The van der Waals surface area contributed by atoms with Gasteiger partial charge in [-0.15, -0.1) is 11.3 Å². The summed E-state index contributed by atoms with van der Waals surface area (Å²) in [4.78, 5) is 18.6. The van der Waals surface area contributed by atoms with E-state index < -0.39 is 0 Å². The topological polar surface area (TPSA) is 62.7 Å². The maximum Gasteiger partial charge on any atom is 0.273 e. The average molecular weight is 312 g/mol. The molecule has 0 bridgehead atoms. The molecule has 2 atom stereocenters. The maximum absolute atomic E-state index is 12.5. The third-order valence-corrected chi connectivity index (χ3v) is 4.84. The minimum atomic E-state index is -0.238. The molecule has 5 nitrogen and oxygen atoms in total. The molecule has 0 saturated carbocycles. The molecule has 1 saturated heterocycles. The Morgan fingerprint density at radius 3 is 2.86 bits per heavy atom. The van der Waals surface area contributed by atoms with Gasteiger partial charge in [0.15, 0.2) is 0 Å². The van der Waals surface area contributed by atoms with Gasteiger partial charge in [-0.3, -0.25) is 4.79 Å². The molecule has 1 aliphatic heterocycles. The largest absolute Gasteiger partial charge is 0.394 e. The van der Waals surface area contributed by atoms with Crippen LogP contribution in [0, 0.1) is 5.41 Å². The Labute approximate surface area is 129 Å². The van der Waals surface area contributed by atoms with Gasteiger partial charge in [-0.1, -0.05) is 20.8 Å². The molecule has 1 amide bonds. The van der Waals surface area contributed by atoms with Gasteiger partial charge in [0.1, 0.15) is 16.8 Å². The molecule has 1 aliphatic rings. The average Bonchev–Trinajstić information content (AvgIpc) is 3.07. The number of nitrogens with zero attached hydrogens (tertiary/aromatic N) is 2. The van der Waals surface area contributed by atoms with Gasteiger partial charge in [-0.25, -0.2) is 4.98 Å². The fourth-order valence-electron chi connectivity index (χ4n) is 2.61. The van der Waals surface area contributed by atoms with Crippen molar-refractivity contribution in [2.75, 3.05) is 20.3 Å². The van der Waals surface area contributed by atoms with Crippen molar-refractivity contribution in [3.05, 3.63) is 16.1 Å². The van der Waals surface area contributed by atoms with Crippen molar-refractivity contribution < 1.29 is 14.6 Å². The number of likely N-dealkylation sites (N-methyl/N-ethyl adjacent to an activating group) is 1. The van der Waals surface area contributed by atoms with Gasteiger partial charge < -0.3 is 14.7 Å². The van der Waals surface area contributed by atoms with Gasteiger partial charge >= 0.3 is 0 Å². The molecule has 0 radical (unpaired) electrons. The van der Waals surface area contributed by atoms with Crippen LogP contribution in [0.4, 0.5) is 0 Å². The Bertz CT molecular complexity index is 489. The maximum atomic E-state index is 12.5. The van der Waals surface area contributed by atoms with Crippen LogP contribution in [0.2, 0.25) is 0 Å². The molecule has 0 unspecified atom stereocenters. The number of aromatic nitrogens is 1. The van der Waals surface area contributed by atoms with Gasteiger partial charge in [-0.2, -0.15) is 0 Å². The summed E-state index contributed by atoms with van der Waals surface area (Å²) < 4.78 is 5.60. The number of hydrogen-bond acceptors (Lipinski definition) is 5. The summed E-state index contributed by atoms with van der Waals surface area (Å²) >= 11 is 1.47. The molecule has 0 spiro atoms. The molecular formula is C15H24N2O3S. The highest BCUT2D eigenvalue weighted by Gasteiger charge is 2.32. The lowest BCUT2D eigenvalue weighted by Crippen LogP contribution is -2.47. The number of hydrogen-bond donors (Lipinski definition) is 1. The van der Waals surface area contributed by atoms with E-state index in [0.717, 1.165) is 24.5 Å². The van der Waals surface area contributed by atoms with E-state index in [1.165, 1.54) is 11.3 Å². The Hall–Kier alpha value is -0.980. The van der Waals surface area contributed by atoms with Crippen molar-refractivity contribution in [2.45, 2.75) is 45.8 Å². The van der Waals surface area contributed by atoms with Crippen molar-refractivity contribution in [1.82, 2.24) is 9.88 Å². The fourth-order valence-corrected chi connectivity index (χ4v) is 3.48. The third-order valence-electron chi connectivity index (χ3n) is 3.91. The summed E-state index contributed by atoms with van der Waals surface area (Å²) in [5.41, 5.74) is 0.253. The molecule has 1 fully saturated rings. The number of carbonyl (C=O) groups is 1. The zero-order chi connectivity index (χ0) is 15.6. The quantitative estimate of drug-likeness (QED) is 0.928. The number of aliphatic hydroxyl groups is 1. The Balaban J connectivity index is 2.12. The first-order valence-corrected chi connectivity index (χ1v) is 8.17. The van der Waals surface area contributed by atoms with E-state index >= 15 is 0 Å². The SMILES string of the molecule is CN(C(=O)c1csc([C@H]2CCCO2)n1)[C@H](CO)C(C)(C)C. The highest BCUT2D eigenvalue weighted by atomic mass is 32.1. The molecule has 1 aromatic heterocycles. The summed E-state index contributed by atoms with van der Waals surface area (Å²) in [5.74, 6) is -0.149. The Kier molecular flexibility index (Phi) is 5.01. The third kappa shape index (κ3) is 3.62. The van der Waals surface area contributed by atoms with Gasteiger partial charge in [0, 0.05) is 19.0 Å². The zero-order valence-corrected chi connectivity index (χ0v) is 13.9. The van der Waals surface area contributed by atoms with Crippen LogP contribution in [0.15, 0.2) is 5.38 Å². The molecule has 1 N–H and O–H groups in total. The van der Waals surface area contributed by atoms with E-state index in [-0.39, 0.29) is 30.1 Å². The standard InChI is InChI=1S/C15H24N2O3S/c1-15(2,3)12(8-18)17(4)14(19)10-9-21-13(16-10)11-6-5-7-20-11/h9,11-12,18H,5-8H2,1-4H3/t11-,12-/m1/s1. The Morgan fingerprint density at radius 1 is 1.62 bits per heavy atom. The van der Waals surface area contributed by atoms with Gasteiger partial charge in [0.25, 0.3) is 5.91 Å². The Morgan fingerprint density at radius 2 is 2.33 bits per heavy atom. The second-order valence-electron chi connectivity index (χ2n) is 6.55. The number of carbonyl (C=O) groups excluding carboxylic acids is 1. The van der Waals surface area contributed by atoms with E-state index in [9.17, 15) is 9.90 Å². The van der Waals surface area contributed by atoms with Crippen LogP contribution in [0.3, 0.4) is 0 Å². The summed E-state index contributed by atoms with van der Waals surface area (Å²) in [6, 6.07) is -0.238. The lowest BCUT2D eigenvalue weighted by Gasteiger charge is -2.36. The summed E-state index contributed by atoms with van der Waals surface area (Å²) in [6.45, 7) is 6.74. The minimum absolute atomic E-state index is 0.0399. The van der Waals surface area contributed by atoms with Crippen molar-refractivity contribution in [2.24, 2.45) is 5.41 Å². The molecule has 2 heterocycles. The number of ether oxygens (including phenoxy) is 1.